The lowest BCUT2D eigenvalue weighted by Gasteiger charge is -2.46. The molecule has 15 heavy (non-hydrogen) atoms. The summed E-state index contributed by atoms with van der Waals surface area (Å²) in [6, 6.07) is 0. The third-order valence-corrected chi connectivity index (χ3v) is 3.93. The van der Waals surface area contributed by atoms with Crippen LogP contribution >= 0.6 is 0 Å². The third kappa shape index (κ3) is 1.30. The van der Waals surface area contributed by atoms with Crippen molar-refractivity contribution in [3.63, 3.8) is 0 Å². The maximum Gasteiger partial charge on any atom is 0.120 e. The van der Waals surface area contributed by atoms with Gasteiger partial charge in [0.05, 0.1) is 12.2 Å². The molecule has 0 spiro atoms. The summed E-state index contributed by atoms with van der Waals surface area (Å²) in [6.07, 6.45) is 5.96. The van der Waals surface area contributed by atoms with Crippen LogP contribution < -0.4 is 0 Å². The Morgan fingerprint density at radius 1 is 1.33 bits per heavy atom. The van der Waals surface area contributed by atoms with Gasteiger partial charge in [0.15, 0.2) is 0 Å². The molecule has 0 bridgehead atoms. The highest BCUT2D eigenvalue weighted by Gasteiger charge is 2.38. The zero-order valence-electron chi connectivity index (χ0n) is 9.68. The number of hydrogen-bond acceptors (Lipinski definition) is 2. The van der Waals surface area contributed by atoms with E-state index in [1.165, 1.54) is 30.0 Å². The summed E-state index contributed by atoms with van der Waals surface area (Å²) in [4.78, 5) is 2.52. The molecule has 0 atom stereocenters. The van der Waals surface area contributed by atoms with Gasteiger partial charge in [0.2, 0.25) is 0 Å². The molecule has 2 heteroatoms. The third-order valence-electron chi connectivity index (χ3n) is 3.93. The molecular formula is C13H19NO. The molecule has 0 unspecified atom stereocenters. The lowest BCUT2D eigenvalue weighted by atomic mass is 9.73. The summed E-state index contributed by atoms with van der Waals surface area (Å²) in [5.41, 5.74) is 3.32. The van der Waals surface area contributed by atoms with E-state index in [0.29, 0.717) is 5.41 Å². The number of hydrogen-bond donors (Lipinski definition) is 0. The van der Waals surface area contributed by atoms with Gasteiger partial charge in [-0.05, 0) is 23.8 Å². The summed E-state index contributed by atoms with van der Waals surface area (Å²) >= 11 is 0. The van der Waals surface area contributed by atoms with Crippen molar-refractivity contribution in [2.45, 2.75) is 33.1 Å². The number of nitrogens with zero attached hydrogens (tertiary/aromatic N) is 1. The number of allylic oxidation sites excluding steroid dienone is 3. The van der Waals surface area contributed by atoms with Crippen molar-refractivity contribution in [2.24, 2.45) is 5.41 Å². The monoisotopic (exact) mass is 205 g/mol. The van der Waals surface area contributed by atoms with E-state index in [4.69, 9.17) is 4.74 Å². The van der Waals surface area contributed by atoms with Crippen LogP contribution in [-0.2, 0) is 4.74 Å². The fourth-order valence-electron chi connectivity index (χ4n) is 2.96. The van der Waals surface area contributed by atoms with Crippen molar-refractivity contribution in [1.29, 1.82) is 0 Å². The highest BCUT2D eigenvalue weighted by molar-refractivity contribution is 5.42. The van der Waals surface area contributed by atoms with Crippen molar-refractivity contribution in [2.75, 3.05) is 19.7 Å². The lowest BCUT2D eigenvalue weighted by molar-refractivity contribution is 0.0986. The van der Waals surface area contributed by atoms with Gasteiger partial charge in [0.25, 0.3) is 0 Å². The van der Waals surface area contributed by atoms with Crippen molar-refractivity contribution >= 4 is 0 Å². The van der Waals surface area contributed by atoms with Gasteiger partial charge in [-0.1, -0.05) is 19.9 Å². The van der Waals surface area contributed by atoms with Crippen LogP contribution in [-0.4, -0.2) is 24.6 Å². The first kappa shape index (κ1) is 9.32. The minimum atomic E-state index is 0.345. The van der Waals surface area contributed by atoms with Crippen LogP contribution in [0.5, 0.6) is 0 Å². The summed E-state index contributed by atoms with van der Waals surface area (Å²) in [6.45, 7) is 7.88. The minimum Gasteiger partial charge on any atom is -0.494 e. The Labute approximate surface area is 91.6 Å². The van der Waals surface area contributed by atoms with E-state index in [1.807, 2.05) is 0 Å². The van der Waals surface area contributed by atoms with Crippen LogP contribution in [0.15, 0.2) is 23.1 Å². The summed E-state index contributed by atoms with van der Waals surface area (Å²) in [5.74, 6) is 1.26. The highest BCUT2D eigenvalue weighted by atomic mass is 16.5. The number of ether oxygens (including phenoxy) is 1. The maximum atomic E-state index is 5.81. The van der Waals surface area contributed by atoms with Crippen LogP contribution in [0.25, 0.3) is 0 Å². The average molecular weight is 205 g/mol. The van der Waals surface area contributed by atoms with Gasteiger partial charge in [-0.2, -0.15) is 0 Å². The fourth-order valence-corrected chi connectivity index (χ4v) is 2.96. The van der Waals surface area contributed by atoms with Gasteiger partial charge >= 0.3 is 0 Å². The van der Waals surface area contributed by atoms with Crippen LogP contribution in [0.4, 0.5) is 0 Å². The molecule has 1 saturated heterocycles. The summed E-state index contributed by atoms with van der Waals surface area (Å²) in [7, 11) is 0. The first-order valence-electron chi connectivity index (χ1n) is 6.00. The second kappa shape index (κ2) is 3.03. The van der Waals surface area contributed by atoms with Crippen molar-refractivity contribution < 1.29 is 4.74 Å². The minimum absolute atomic E-state index is 0.345. The standard InChI is InChI=1S/C13H19NO/c1-13(2)6-7-14-8-9-15-11-5-3-4-10(13)12(11)14/h4H,3,5-9H2,1-2H3. The van der Waals surface area contributed by atoms with Crippen LogP contribution in [0.2, 0.25) is 0 Å². The second-order valence-electron chi connectivity index (χ2n) is 5.40. The van der Waals surface area contributed by atoms with Crippen LogP contribution in [0.3, 0.4) is 0 Å². The van der Waals surface area contributed by atoms with E-state index < -0.39 is 0 Å². The smallest absolute Gasteiger partial charge is 0.120 e. The molecule has 0 saturated carbocycles. The van der Waals surface area contributed by atoms with Crippen LogP contribution in [0.1, 0.15) is 33.1 Å². The van der Waals surface area contributed by atoms with E-state index >= 15 is 0 Å². The molecule has 0 amide bonds. The molecule has 1 aliphatic carbocycles. The van der Waals surface area contributed by atoms with E-state index in [9.17, 15) is 0 Å². The summed E-state index contributed by atoms with van der Waals surface area (Å²) < 4.78 is 5.81. The van der Waals surface area contributed by atoms with Gasteiger partial charge in [-0.15, -0.1) is 0 Å². The Morgan fingerprint density at radius 2 is 2.20 bits per heavy atom. The van der Waals surface area contributed by atoms with E-state index in [0.717, 1.165) is 26.0 Å². The van der Waals surface area contributed by atoms with Gasteiger partial charge < -0.3 is 9.64 Å². The average Bonchev–Trinajstić information content (AvgIpc) is 2.24. The topological polar surface area (TPSA) is 12.5 Å². The van der Waals surface area contributed by atoms with Crippen molar-refractivity contribution in [3.8, 4) is 0 Å². The van der Waals surface area contributed by atoms with E-state index in [2.05, 4.69) is 24.8 Å². The van der Waals surface area contributed by atoms with Crippen molar-refractivity contribution in [1.82, 2.24) is 4.90 Å². The van der Waals surface area contributed by atoms with Gasteiger partial charge in [0, 0.05) is 13.0 Å². The molecular weight excluding hydrogens is 186 g/mol. The van der Waals surface area contributed by atoms with Crippen LogP contribution in [0, 0.1) is 5.41 Å². The molecule has 0 aromatic rings. The molecule has 3 aliphatic rings. The second-order valence-corrected chi connectivity index (χ2v) is 5.40. The molecule has 2 heterocycles. The Hall–Kier alpha value is -0.920. The molecule has 3 rings (SSSR count). The first-order valence-corrected chi connectivity index (χ1v) is 6.00. The molecule has 2 nitrogen and oxygen atoms in total. The zero-order valence-corrected chi connectivity index (χ0v) is 9.68. The molecule has 1 fully saturated rings. The Bertz CT molecular complexity index is 352. The van der Waals surface area contributed by atoms with Gasteiger partial charge in [0.1, 0.15) is 12.4 Å². The molecule has 0 radical (unpaired) electrons. The largest absolute Gasteiger partial charge is 0.494 e. The fraction of sp³-hybridized carbons (Fsp3) is 0.692. The number of piperidine rings is 1. The molecule has 0 N–H and O–H groups in total. The Kier molecular flexibility index (Phi) is 1.88. The predicted molar refractivity (Wildman–Crippen MR) is 60.3 cm³/mol. The molecule has 0 aromatic heterocycles. The van der Waals surface area contributed by atoms with Gasteiger partial charge in [-0.3, -0.25) is 0 Å². The Balaban J connectivity index is 2.09. The number of rotatable bonds is 0. The maximum absolute atomic E-state index is 5.81. The lowest BCUT2D eigenvalue weighted by Crippen LogP contribution is -2.43. The quantitative estimate of drug-likeness (QED) is 0.603. The summed E-state index contributed by atoms with van der Waals surface area (Å²) in [5, 5.41) is 0. The van der Waals surface area contributed by atoms with Crippen molar-refractivity contribution in [3.05, 3.63) is 23.1 Å². The predicted octanol–water partition coefficient (Wildman–Crippen LogP) is 2.68. The first-order chi connectivity index (χ1) is 7.18. The zero-order chi connectivity index (χ0) is 10.5. The van der Waals surface area contributed by atoms with E-state index in [1.54, 1.807) is 0 Å². The molecule has 2 aliphatic heterocycles. The molecule has 0 aromatic carbocycles. The van der Waals surface area contributed by atoms with Gasteiger partial charge in [-0.25, -0.2) is 0 Å². The highest BCUT2D eigenvalue weighted by Crippen LogP contribution is 2.46. The Morgan fingerprint density at radius 3 is 3.07 bits per heavy atom. The normalized spacial score (nSPS) is 28.1. The molecule has 82 valence electrons. The van der Waals surface area contributed by atoms with E-state index in [-0.39, 0.29) is 0 Å². The SMILES string of the molecule is CC1(C)CCN2CCOC3=C2C1=CCC3.